The fourth-order valence-electron chi connectivity index (χ4n) is 1.94. The standard InChI is InChI=1S/C22H14S/c1-3-8-19(9-4-1)13-15-21(18-22-12-7-17-23-22)16-14-20-10-5-2-6-11-20/h1-12,17-18H. The molecule has 0 spiro atoms. The van der Waals surface area contributed by atoms with Gasteiger partial charge in [0.05, 0.1) is 5.57 Å². The molecule has 3 rings (SSSR count). The quantitative estimate of drug-likeness (QED) is 0.540. The summed E-state index contributed by atoms with van der Waals surface area (Å²) in [5, 5.41) is 2.05. The van der Waals surface area contributed by atoms with Crippen LogP contribution in [0, 0.1) is 23.7 Å². The first kappa shape index (κ1) is 14.9. The highest BCUT2D eigenvalue weighted by Crippen LogP contribution is 2.13. The number of thiophene rings is 1. The molecule has 0 aliphatic carbocycles. The van der Waals surface area contributed by atoms with Crippen LogP contribution in [-0.2, 0) is 0 Å². The van der Waals surface area contributed by atoms with Crippen molar-refractivity contribution < 1.29 is 0 Å². The predicted molar refractivity (Wildman–Crippen MR) is 98.9 cm³/mol. The van der Waals surface area contributed by atoms with Gasteiger partial charge in [-0.15, -0.1) is 11.3 Å². The van der Waals surface area contributed by atoms with E-state index in [1.54, 1.807) is 11.3 Å². The second-order valence-corrected chi connectivity index (χ2v) is 5.78. The summed E-state index contributed by atoms with van der Waals surface area (Å²) in [6, 6.07) is 24.0. The smallest absolute Gasteiger partial charge is 0.0765 e. The van der Waals surface area contributed by atoms with Gasteiger partial charge in [-0.1, -0.05) is 66.1 Å². The lowest BCUT2D eigenvalue weighted by atomic mass is 10.1. The summed E-state index contributed by atoms with van der Waals surface area (Å²) >= 11 is 1.68. The summed E-state index contributed by atoms with van der Waals surface area (Å²) in [4.78, 5) is 1.16. The van der Waals surface area contributed by atoms with Gasteiger partial charge < -0.3 is 0 Å². The molecule has 0 atom stereocenters. The zero-order valence-electron chi connectivity index (χ0n) is 12.5. The molecule has 0 radical (unpaired) electrons. The molecule has 1 aromatic heterocycles. The van der Waals surface area contributed by atoms with Gasteiger partial charge in [0.1, 0.15) is 0 Å². The average Bonchev–Trinajstić information content (AvgIpc) is 3.12. The maximum atomic E-state index is 3.19. The Hall–Kier alpha value is -3.00. The van der Waals surface area contributed by atoms with Gasteiger partial charge in [-0.05, 0) is 41.8 Å². The topological polar surface area (TPSA) is 0 Å². The third-order valence-electron chi connectivity index (χ3n) is 3.06. The number of hydrogen-bond acceptors (Lipinski definition) is 1. The van der Waals surface area contributed by atoms with Crippen molar-refractivity contribution >= 4 is 17.4 Å². The molecule has 2 aromatic carbocycles. The van der Waals surface area contributed by atoms with Crippen molar-refractivity contribution in [3.8, 4) is 23.7 Å². The highest BCUT2D eigenvalue weighted by Gasteiger charge is 1.92. The molecule has 23 heavy (non-hydrogen) atoms. The number of allylic oxidation sites excluding steroid dienone is 1. The predicted octanol–water partition coefficient (Wildman–Crippen LogP) is 5.23. The van der Waals surface area contributed by atoms with Gasteiger partial charge in [-0.3, -0.25) is 0 Å². The van der Waals surface area contributed by atoms with Crippen LogP contribution >= 0.6 is 11.3 Å². The van der Waals surface area contributed by atoms with Crippen molar-refractivity contribution in [1.82, 2.24) is 0 Å². The molecule has 0 amide bonds. The molecule has 3 aromatic rings. The van der Waals surface area contributed by atoms with E-state index < -0.39 is 0 Å². The fourth-order valence-corrected chi connectivity index (χ4v) is 2.60. The molecule has 108 valence electrons. The van der Waals surface area contributed by atoms with E-state index in [-0.39, 0.29) is 0 Å². The van der Waals surface area contributed by atoms with Crippen LogP contribution in [0.1, 0.15) is 16.0 Å². The molecule has 1 heteroatoms. The summed E-state index contributed by atoms with van der Waals surface area (Å²) in [7, 11) is 0. The lowest BCUT2D eigenvalue weighted by Gasteiger charge is -1.90. The molecule has 1 heterocycles. The SMILES string of the molecule is C(#Cc1ccccc1)C(C#Cc1ccccc1)=Cc1cccs1. The van der Waals surface area contributed by atoms with E-state index in [1.165, 1.54) is 0 Å². The molecule has 0 unspecified atom stereocenters. The normalized spacial score (nSPS) is 9.04. The molecule has 0 bridgehead atoms. The molecule has 0 aliphatic rings. The Balaban J connectivity index is 1.92. The molecule has 0 N–H and O–H groups in total. The third kappa shape index (κ3) is 4.75. The van der Waals surface area contributed by atoms with E-state index in [0.29, 0.717) is 0 Å². The summed E-state index contributed by atoms with van der Waals surface area (Å²) in [5.74, 6) is 12.7. The van der Waals surface area contributed by atoms with E-state index in [2.05, 4.69) is 35.1 Å². The van der Waals surface area contributed by atoms with E-state index in [1.807, 2.05) is 72.8 Å². The highest BCUT2D eigenvalue weighted by atomic mass is 32.1. The minimum atomic E-state index is 0.820. The Morgan fingerprint density at radius 3 is 1.74 bits per heavy atom. The molecule has 0 aliphatic heterocycles. The van der Waals surface area contributed by atoms with E-state index in [4.69, 9.17) is 0 Å². The van der Waals surface area contributed by atoms with Crippen LogP contribution in [0.25, 0.3) is 6.08 Å². The first-order valence-electron chi connectivity index (χ1n) is 7.29. The van der Waals surface area contributed by atoms with Crippen molar-refractivity contribution in [3.63, 3.8) is 0 Å². The highest BCUT2D eigenvalue weighted by molar-refractivity contribution is 7.10. The minimum Gasteiger partial charge on any atom is -0.144 e. The van der Waals surface area contributed by atoms with Crippen LogP contribution in [0.2, 0.25) is 0 Å². The zero-order chi connectivity index (χ0) is 15.7. The monoisotopic (exact) mass is 310 g/mol. The van der Waals surface area contributed by atoms with Gasteiger partial charge >= 0.3 is 0 Å². The number of benzene rings is 2. The van der Waals surface area contributed by atoms with Crippen molar-refractivity contribution in [1.29, 1.82) is 0 Å². The van der Waals surface area contributed by atoms with E-state index in [9.17, 15) is 0 Å². The second kappa shape index (κ2) is 7.85. The lowest BCUT2D eigenvalue weighted by Crippen LogP contribution is -1.77. The Morgan fingerprint density at radius 1 is 0.696 bits per heavy atom. The largest absolute Gasteiger partial charge is 0.144 e. The maximum Gasteiger partial charge on any atom is 0.0765 e. The molecule has 0 fully saturated rings. The van der Waals surface area contributed by atoms with Crippen LogP contribution in [0.5, 0.6) is 0 Å². The van der Waals surface area contributed by atoms with Crippen LogP contribution in [0.4, 0.5) is 0 Å². The molecule has 0 saturated heterocycles. The number of rotatable bonds is 1. The fraction of sp³-hybridized carbons (Fsp3) is 0. The Bertz CT molecular complexity index is 835. The maximum absolute atomic E-state index is 3.19. The zero-order valence-corrected chi connectivity index (χ0v) is 13.3. The van der Waals surface area contributed by atoms with Gasteiger partial charge in [-0.25, -0.2) is 0 Å². The van der Waals surface area contributed by atoms with Gasteiger partial charge in [0.25, 0.3) is 0 Å². The van der Waals surface area contributed by atoms with Crippen LogP contribution in [0.15, 0.2) is 83.7 Å². The second-order valence-electron chi connectivity index (χ2n) is 4.81. The summed E-state index contributed by atoms with van der Waals surface area (Å²) in [5.41, 5.74) is 2.80. The molecular formula is C22H14S. The van der Waals surface area contributed by atoms with Crippen LogP contribution in [0.3, 0.4) is 0 Å². The van der Waals surface area contributed by atoms with E-state index in [0.717, 1.165) is 21.6 Å². The summed E-state index contributed by atoms with van der Waals surface area (Å²) in [6.07, 6.45) is 2.04. The van der Waals surface area contributed by atoms with Crippen LogP contribution < -0.4 is 0 Å². The first-order valence-corrected chi connectivity index (χ1v) is 8.17. The van der Waals surface area contributed by atoms with Gasteiger partial charge in [0.15, 0.2) is 0 Å². The lowest BCUT2D eigenvalue weighted by molar-refractivity contribution is 1.64. The summed E-state index contributed by atoms with van der Waals surface area (Å²) in [6.45, 7) is 0. The third-order valence-corrected chi connectivity index (χ3v) is 3.88. The first-order chi connectivity index (χ1) is 11.4. The Labute approximate surface area is 141 Å². The van der Waals surface area contributed by atoms with Crippen molar-refractivity contribution in [3.05, 3.63) is 99.8 Å². The summed E-state index contributed by atoms with van der Waals surface area (Å²) < 4.78 is 0. The Morgan fingerprint density at radius 2 is 1.26 bits per heavy atom. The minimum absolute atomic E-state index is 0.820. The number of hydrogen-bond donors (Lipinski definition) is 0. The molecule has 0 saturated carbocycles. The van der Waals surface area contributed by atoms with Gasteiger partial charge in [-0.2, -0.15) is 0 Å². The van der Waals surface area contributed by atoms with E-state index >= 15 is 0 Å². The average molecular weight is 310 g/mol. The van der Waals surface area contributed by atoms with Crippen molar-refractivity contribution in [2.24, 2.45) is 0 Å². The Kier molecular flexibility index (Phi) is 5.09. The molecule has 0 nitrogen and oxygen atoms in total. The molecular weight excluding hydrogens is 296 g/mol. The van der Waals surface area contributed by atoms with Crippen molar-refractivity contribution in [2.75, 3.05) is 0 Å². The van der Waals surface area contributed by atoms with Gasteiger partial charge in [0, 0.05) is 16.0 Å². The van der Waals surface area contributed by atoms with Gasteiger partial charge in [0.2, 0.25) is 0 Å². The van der Waals surface area contributed by atoms with Crippen molar-refractivity contribution in [2.45, 2.75) is 0 Å². The van der Waals surface area contributed by atoms with Crippen LogP contribution in [-0.4, -0.2) is 0 Å².